The van der Waals surface area contributed by atoms with Crippen molar-refractivity contribution >= 4 is 29.2 Å². The third-order valence-corrected chi connectivity index (χ3v) is 4.00. The first kappa shape index (κ1) is 22.3. The summed E-state index contributed by atoms with van der Waals surface area (Å²) in [6.07, 6.45) is -1.17. The predicted octanol–water partition coefficient (Wildman–Crippen LogP) is 2.21. The number of hydrogen-bond donors (Lipinski definition) is 2. The molecule has 10 nitrogen and oxygen atoms in total. The van der Waals surface area contributed by atoms with E-state index < -0.39 is 35.4 Å². The largest absolute Gasteiger partial charge is 0.494 e. The van der Waals surface area contributed by atoms with Crippen LogP contribution in [0.15, 0.2) is 42.5 Å². The molecule has 2 N–H and O–H groups in total. The molecule has 0 aliphatic carbocycles. The summed E-state index contributed by atoms with van der Waals surface area (Å²) in [4.78, 5) is 46.5. The van der Waals surface area contributed by atoms with E-state index in [1.54, 1.807) is 18.2 Å². The van der Waals surface area contributed by atoms with Crippen LogP contribution in [0.1, 0.15) is 22.8 Å². The van der Waals surface area contributed by atoms with Crippen molar-refractivity contribution in [3.8, 4) is 5.75 Å². The lowest BCUT2D eigenvalue weighted by Gasteiger charge is -2.15. The maximum atomic E-state index is 12.3. The van der Waals surface area contributed by atoms with E-state index >= 15 is 0 Å². The predicted molar refractivity (Wildman–Crippen MR) is 107 cm³/mol. The van der Waals surface area contributed by atoms with Crippen LogP contribution in [0.25, 0.3) is 0 Å². The number of aryl methyl sites for hydroxylation is 1. The van der Waals surface area contributed by atoms with E-state index in [1.165, 1.54) is 26.2 Å². The van der Waals surface area contributed by atoms with E-state index in [2.05, 4.69) is 10.6 Å². The summed E-state index contributed by atoms with van der Waals surface area (Å²) >= 11 is 0. The summed E-state index contributed by atoms with van der Waals surface area (Å²) < 4.78 is 10.1. The number of benzene rings is 2. The summed E-state index contributed by atoms with van der Waals surface area (Å²) in [6.45, 7) is 2.78. The molecular formula is C20H21N3O7. The van der Waals surface area contributed by atoms with Crippen molar-refractivity contribution in [1.29, 1.82) is 0 Å². The van der Waals surface area contributed by atoms with Gasteiger partial charge in [0.2, 0.25) is 0 Å². The number of nitro benzene ring substituents is 1. The Labute approximate surface area is 172 Å². The minimum atomic E-state index is -1.17. The van der Waals surface area contributed by atoms with Crippen LogP contribution in [0.3, 0.4) is 0 Å². The van der Waals surface area contributed by atoms with Crippen LogP contribution in [0, 0.1) is 17.0 Å². The van der Waals surface area contributed by atoms with Crippen molar-refractivity contribution in [3.05, 3.63) is 63.7 Å². The SMILES string of the molecule is COc1cc([N+](=O)[O-])ccc1NC(=O)[C@H](C)OC(=O)CNC(=O)c1cccc(C)c1. The molecule has 10 heteroatoms. The van der Waals surface area contributed by atoms with Gasteiger partial charge in [-0.2, -0.15) is 0 Å². The number of nitrogens with one attached hydrogen (secondary N) is 2. The Kier molecular flexibility index (Phi) is 7.45. The van der Waals surface area contributed by atoms with E-state index in [-0.39, 0.29) is 17.1 Å². The Hall–Kier alpha value is -3.95. The second kappa shape index (κ2) is 10.0. The molecular weight excluding hydrogens is 394 g/mol. The molecule has 0 heterocycles. The van der Waals surface area contributed by atoms with Gasteiger partial charge in [0.05, 0.1) is 23.8 Å². The topological polar surface area (TPSA) is 137 Å². The average molecular weight is 415 g/mol. The number of esters is 1. The minimum Gasteiger partial charge on any atom is -0.494 e. The summed E-state index contributed by atoms with van der Waals surface area (Å²) in [5.74, 6) is -1.82. The van der Waals surface area contributed by atoms with Crippen LogP contribution in [0.5, 0.6) is 5.75 Å². The van der Waals surface area contributed by atoms with Gasteiger partial charge in [0.15, 0.2) is 6.10 Å². The van der Waals surface area contributed by atoms with Crippen molar-refractivity contribution in [2.75, 3.05) is 19.0 Å². The van der Waals surface area contributed by atoms with Crippen molar-refractivity contribution in [2.24, 2.45) is 0 Å². The number of methoxy groups -OCH3 is 1. The van der Waals surface area contributed by atoms with E-state index in [0.29, 0.717) is 5.56 Å². The number of rotatable bonds is 8. The van der Waals surface area contributed by atoms with Gasteiger partial charge in [-0.15, -0.1) is 0 Å². The molecule has 30 heavy (non-hydrogen) atoms. The highest BCUT2D eigenvalue weighted by molar-refractivity contribution is 5.98. The molecule has 0 unspecified atom stereocenters. The van der Waals surface area contributed by atoms with Crippen LogP contribution in [-0.4, -0.2) is 42.5 Å². The lowest BCUT2D eigenvalue weighted by Crippen LogP contribution is -2.35. The maximum Gasteiger partial charge on any atom is 0.326 e. The molecule has 2 amide bonds. The van der Waals surface area contributed by atoms with Gasteiger partial charge in [0.1, 0.15) is 12.3 Å². The van der Waals surface area contributed by atoms with Gasteiger partial charge in [-0.3, -0.25) is 24.5 Å². The third-order valence-electron chi connectivity index (χ3n) is 4.00. The zero-order valence-corrected chi connectivity index (χ0v) is 16.6. The molecule has 0 bridgehead atoms. The first-order valence-corrected chi connectivity index (χ1v) is 8.89. The van der Waals surface area contributed by atoms with E-state index in [9.17, 15) is 24.5 Å². The molecule has 0 spiro atoms. The Morgan fingerprint density at radius 1 is 1.17 bits per heavy atom. The quantitative estimate of drug-likeness (QED) is 0.383. The molecule has 0 radical (unpaired) electrons. The normalized spacial score (nSPS) is 11.2. The van der Waals surface area contributed by atoms with Gasteiger partial charge in [-0.05, 0) is 32.0 Å². The second-order valence-corrected chi connectivity index (χ2v) is 6.32. The van der Waals surface area contributed by atoms with Crippen molar-refractivity contribution < 1.29 is 28.8 Å². The molecule has 0 fully saturated rings. The van der Waals surface area contributed by atoms with Gasteiger partial charge in [0, 0.05) is 11.6 Å². The Morgan fingerprint density at radius 2 is 1.90 bits per heavy atom. The number of hydrogen-bond acceptors (Lipinski definition) is 7. The number of anilines is 1. The Bertz CT molecular complexity index is 975. The average Bonchev–Trinajstić information content (AvgIpc) is 2.71. The number of carbonyl (C=O) groups is 3. The van der Waals surface area contributed by atoms with E-state index in [4.69, 9.17) is 9.47 Å². The highest BCUT2D eigenvalue weighted by Gasteiger charge is 2.21. The number of nitro groups is 1. The number of ether oxygens (including phenoxy) is 2. The van der Waals surface area contributed by atoms with Gasteiger partial charge in [-0.25, -0.2) is 0 Å². The summed E-state index contributed by atoms with van der Waals surface area (Å²) in [5, 5.41) is 15.7. The van der Waals surface area contributed by atoms with Gasteiger partial charge >= 0.3 is 5.97 Å². The first-order chi connectivity index (χ1) is 14.2. The Morgan fingerprint density at radius 3 is 2.53 bits per heavy atom. The van der Waals surface area contributed by atoms with Crippen LogP contribution >= 0.6 is 0 Å². The fraction of sp³-hybridized carbons (Fsp3) is 0.250. The van der Waals surface area contributed by atoms with Crippen LogP contribution < -0.4 is 15.4 Å². The summed E-state index contributed by atoms with van der Waals surface area (Å²) in [6, 6.07) is 10.5. The van der Waals surface area contributed by atoms with Crippen molar-refractivity contribution in [2.45, 2.75) is 20.0 Å². The molecule has 0 saturated heterocycles. The van der Waals surface area contributed by atoms with Crippen LogP contribution in [-0.2, 0) is 14.3 Å². The minimum absolute atomic E-state index is 0.0847. The molecule has 1 atom stereocenters. The summed E-state index contributed by atoms with van der Waals surface area (Å²) in [5.41, 5.74) is 1.29. The fourth-order valence-corrected chi connectivity index (χ4v) is 2.46. The number of amides is 2. The highest BCUT2D eigenvalue weighted by Crippen LogP contribution is 2.29. The van der Waals surface area contributed by atoms with Crippen molar-refractivity contribution in [1.82, 2.24) is 5.32 Å². The van der Waals surface area contributed by atoms with Gasteiger partial charge in [0.25, 0.3) is 17.5 Å². The first-order valence-electron chi connectivity index (χ1n) is 8.89. The molecule has 2 aromatic carbocycles. The highest BCUT2D eigenvalue weighted by atomic mass is 16.6. The molecule has 0 aliphatic heterocycles. The smallest absolute Gasteiger partial charge is 0.326 e. The molecule has 0 aromatic heterocycles. The summed E-state index contributed by atoms with van der Waals surface area (Å²) in [7, 11) is 1.30. The van der Waals surface area contributed by atoms with Gasteiger partial charge < -0.3 is 20.1 Å². The number of carbonyl (C=O) groups excluding carboxylic acids is 3. The fourth-order valence-electron chi connectivity index (χ4n) is 2.46. The molecule has 2 aromatic rings. The van der Waals surface area contributed by atoms with Crippen LogP contribution in [0.2, 0.25) is 0 Å². The zero-order valence-electron chi connectivity index (χ0n) is 16.6. The molecule has 0 saturated carbocycles. The zero-order chi connectivity index (χ0) is 22.3. The van der Waals surface area contributed by atoms with E-state index in [1.807, 2.05) is 13.0 Å². The molecule has 0 aliphatic rings. The second-order valence-electron chi connectivity index (χ2n) is 6.32. The standard InChI is InChI=1S/C20H21N3O7/c1-12-5-4-6-14(9-12)20(26)21-11-18(24)30-13(2)19(25)22-16-8-7-15(23(27)28)10-17(16)29-3/h4-10,13H,11H2,1-3H3,(H,21,26)(H,22,25)/t13-/m0/s1. The maximum absolute atomic E-state index is 12.3. The Balaban J connectivity index is 1.90. The van der Waals surface area contributed by atoms with Gasteiger partial charge in [-0.1, -0.05) is 17.7 Å². The molecule has 158 valence electrons. The van der Waals surface area contributed by atoms with Crippen molar-refractivity contribution in [3.63, 3.8) is 0 Å². The lowest BCUT2D eigenvalue weighted by molar-refractivity contribution is -0.384. The number of nitrogens with zero attached hydrogens (tertiary/aromatic N) is 1. The van der Waals surface area contributed by atoms with E-state index in [0.717, 1.165) is 11.6 Å². The third kappa shape index (κ3) is 6.03. The number of non-ortho nitro benzene ring substituents is 1. The molecule has 2 rings (SSSR count). The monoisotopic (exact) mass is 415 g/mol. The lowest BCUT2D eigenvalue weighted by atomic mass is 10.1. The van der Waals surface area contributed by atoms with Crippen LogP contribution in [0.4, 0.5) is 11.4 Å².